The van der Waals surface area contributed by atoms with E-state index in [1.54, 1.807) is 24.3 Å². The van der Waals surface area contributed by atoms with Crippen LogP contribution in [0.2, 0.25) is 0 Å². The fourth-order valence-electron chi connectivity index (χ4n) is 2.77. The minimum absolute atomic E-state index is 0.0437. The molecular formula is C14H18N2O3S. The molecule has 0 aromatic heterocycles. The molecule has 108 valence electrons. The molecule has 1 saturated carbocycles. The van der Waals surface area contributed by atoms with Crippen LogP contribution in [0.5, 0.6) is 5.75 Å². The second kappa shape index (κ2) is 5.81. The molecule has 1 aliphatic rings. The van der Waals surface area contributed by atoms with Gasteiger partial charge in [-0.05, 0) is 31.0 Å². The number of rotatable bonds is 5. The van der Waals surface area contributed by atoms with Crippen LogP contribution < -0.4 is 9.88 Å². The van der Waals surface area contributed by atoms with Gasteiger partial charge < -0.3 is 4.74 Å². The SMILES string of the molecule is N#Cc1cccc(OCC2(CS(N)(=O)=O)CCCC2)c1. The average Bonchev–Trinajstić information content (AvgIpc) is 2.83. The molecule has 0 amide bonds. The van der Waals surface area contributed by atoms with E-state index in [2.05, 4.69) is 0 Å². The van der Waals surface area contributed by atoms with E-state index in [0.29, 0.717) is 17.9 Å². The summed E-state index contributed by atoms with van der Waals surface area (Å²) in [5.74, 6) is 0.544. The van der Waals surface area contributed by atoms with Crippen LogP contribution in [-0.4, -0.2) is 20.8 Å². The van der Waals surface area contributed by atoms with Gasteiger partial charge in [0.25, 0.3) is 0 Å². The molecule has 1 aromatic carbocycles. The first-order valence-corrected chi connectivity index (χ1v) is 8.28. The van der Waals surface area contributed by atoms with Gasteiger partial charge in [-0.2, -0.15) is 5.26 Å². The van der Waals surface area contributed by atoms with Crippen LogP contribution >= 0.6 is 0 Å². The van der Waals surface area contributed by atoms with Crippen molar-refractivity contribution < 1.29 is 13.2 Å². The summed E-state index contributed by atoms with van der Waals surface area (Å²) in [6.07, 6.45) is 3.61. The zero-order valence-corrected chi connectivity index (χ0v) is 12.0. The zero-order valence-electron chi connectivity index (χ0n) is 11.2. The van der Waals surface area contributed by atoms with Gasteiger partial charge in [-0.25, -0.2) is 13.6 Å². The highest BCUT2D eigenvalue weighted by Crippen LogP contribution is 2.39. The van der Waals surface area contributed by atoms with Crippen molar-refractivity contribution >= 4 is 10.0 Å². The van der Waals surface area contributed by atoms with Crippen molar-refractivity contribution in [2.24, 2.45) is 10.6 Å². The first-order valence-electron chi connectivity index (χ1n) is 6.56. The van der Waals surface area contributed by atoms with E-state index in [9.17, 15) is 8.42 Å². The van der Waals surface area contributed by atoms with Crippen LogP contribution in [0, 0.1) is 16.7 Å². The van der Waals surface area contributed by atoms with Gasteiger partial charge in [0.1, 0.15) is 5.75 Å². The Kier molecular flexibility index (Phi) is 4.31. The number of benzene rings is 1. The Balaban J connectivity index is 2.08. The maximum Gasteiger partial charge on any atom is 0.209 e. The number of nitrogens with zero attached hydrogens (tertiary/aromatic N) is 1. The summed E-state index contributed by atoms with van der Waals surface area (Å²) in [7, 11) is -3.52. The highest BCUT2D eigenvalue weighted by molar-refractivity contribution is 7.89. The first kappa shape index (κ1) is 14.8. The molecule has 0 unspecified atom stereocenters. The van der Waals surface area contributed by atoms with Crippen molar-refractivity contribution in [3.05, 3.63) is 29.8 Å². The highest BCUT2D eigenvalue weighted by Gasteiger charge is 2.38. The molecule has 6 heteroatoms. The van der Waals surface area contributed by atoms with Crippen molar-refractivity contribution in [2.75, 3.05) is 12.4 Å². The van der Waals surface area contributed by atoms with E-state index in [1.165, 1.54) is 0 Å². The summed E-state index contributed by atoms with van der Waals surface area (Å²) >= 11 is 0. The minimum Gasteiger partial charge on any atom is -0.493 e. The van der Waals surface area contributed by atoms with Crippen molar-refractivity contribution in [3.63, 3.8) is 0 Å². The molecular weight excluding hydrogens is 276 g/mol. The average molecular weight is 294 g/mol. The lowest BCUT2D eigenvalue weighted by atomic mass is 9.90. The lowest BCUT2D eigenvalue weighted by Crippen LogP contribution is -2.36. The molecule has 0 saturated heterocycles. The Morgan fingerprint density at radius 3 is 2.65 bits per heavy atom. The lowest BCUT2D eigenvalue weighted by Gasteiger charge is -2.27. The quantitative estimate of drug-likeness (QED) is 0.895. The number of hydrogen-bond acceptors (Lipinski definition) is 4. The number of primary sulfonamides is 1. The summed E-state index contributed by atoms with van der Waals surface area (Å²) in [6.45, 7) is 0.318. The minimum atomic E-state index is -3.52. The molecule has 1 aromatic rings. The molecule has 0 heterocycles. The highest BCUT2D eigenvalue weighted by atomic mass is 32.2. The number of ether oxygens (including phenoxy) is 1. The van der Waals surface area contributed by atoms with E-state index in [-0.39, 0.29) is 5.75 Å². The predicted octanol–water partition coefficient (Wildman–Crippen LogP) is 1.79. The van der Waals surface area contributed by atoms with Gasteiger partial charge >= 0.3 is 0 Å². The first-order chi connectivity index (χ1) is 9.42. The number of nitriles is 1. The fourth-order valence-corrected chi connectivity index (χ4v) is 4.00. The van der Waals surface area contributed by atoms with Crippen LogP contribution in [0.15, 0.2) is 24.3 Å². The van der Waals surface area contributed by atoms with Crippen LogP contribution in [0.4, 0.5) is 0 Å². The van der Waals surface area contributed by atoms with Crippen LogP contribution in [-0.2, 0) is 10.0 Å². The molecule has 2 N–H and O–H groups in total. The Labute approximate surface area is 119 Å². The zero-order chi connectivity index (χ0) is 14.6. The van der Waals surface area contributed by atoms with Crippen molar-refractivity contribution in [1.82, 2.24) is 0 Å². The molecule has 0 bridgehead atoms. The third-order valence-corrected chi connectivity index (χ3v) is 4.69. The van der Waals surface area contributed by atoms with E-state index in [0.717, 1.165) is 25.7 Å². The predicted molar refractivity (Wildman–Crippen MR) is 75.5 cm³/mol. The number of sulfonamides is 1. The number of hydrogen-bond donors (Lipinski definition) is 1. The molecule has 2 rings (SSSR count). The van der Waals surface area contributed by atoms with Crippen LogP contribution in [0.1, 0.15) is 31.2 Å². The van der Waals surface area contributed by atoms with Gasteiger partial charge in [-0.1, -0.05) is 18.9 Å². The maximum atomic E-state index is 11.4. The molecule has 5 nitrogen and oxygen atoms in total. The molecule has 1 aliphatic carbocycles. The van der Waals surface area contributed by atoms with Gasteiger partial charge in [0, 0.05) is 5.41 Å². The maximum absolute atomic E-state index is 11.4. The van der Waals surface area contributed by atoms with Crippen LogP contribution in [0.3, 0.4) is 0 Å². The van der Waals surface area contributed by atoms with E-state index in [1.807, 2.05) is 6.07 Å². The van der Waals surface area contributed by atoms with Gasteiger partial charge in [-0.3, -0.25) is 0 Å². The van der Waals surface area contributed by atoms with E-state index in [4.69, 9.17) is 15.1 Å². The number of nitrogens with two attached hydrogens (primary N) is 1. The monoisotopic (exact) mass is 294 g/mol. The van der Waals surface area contributed by atoms with Gasteiger partial charge in [0.05, 0.1) is 24.0 Å². The van der Waals surface area contributed by atoms with Crippen molar-refractivity contribution in [2.45, 2.75) is 25.7 Å². The molecule has 0 atom stereocenters. The van der Waals surface area contributed by atoms with E-state index >= 15 is 0 Å². The largest absolute Gasteiger partial charge is 0.493 e. The Bertz CT molecular complexity index is 614. The van der Waals surface area contributed by atoms with Gasteiger partial charge in [-0.15, -0.1) is 0 Å². The fraction of sp³-hybridized carbons (Fsp3) is 0.500. The summed E-state index contributed by atoms with van der Waals surface area (Å²) in [5, 5.41) is 14.0. The van der Waals surface area contributed by atoms with Crippen molar-refractivity contribution in [3.8, 4) is 11.8 Å². The third kappa shape index (κ3) is 3.95. The summed E-state index contributed by atoms with van der Waals surface area (Å²) < 4.78 is 28.5. The molecule has 20 heavy (non-hydrogen) atoms. The van der Waals surface area contributed by atoms with Gasteiger partial charge in [0.2, 0.25) is 10.0 Å². The molecule has 0 radical (unpaired) electrons. The Hall–Kier alpha value is -1.58. The second-order valence-corrected chi connectivity index (χ2v) is 7.06. The molecule has 1 fully saturated rings. The molecule has 0 aliphatic heterocycles. The second-order valence-electron chi connectivity index (χ2n) is 5.44. The normalized spacial score (nSPS) is 17.6. The summed E-state index contributed by atoms with van der Waals surface area (Å²) in [4.78, 5) is 0. The Morgan fingerprint density at radius 1 is 1.35 bits per heavy atom. The topological polar surface area (TPSA) is 93.2 Å². The summed E-state index contributed by atoms with van der Waals surface area (Å²) in [5.41, 5.74) is 0.130. The smallest absolute Gasteiger partial charge is 0.209 e. The van der Waals surface area contributed by atoms with Crippen LogP contribution in [0.25, 0.3) is 0 Å². The summed E-state index contributed by atoms with van der Waals surface area (Å²) in [6, 6.07) is 8.91. The standard InChI is InChI=1S/C14H18N2O3S/c15-9-12-4-3-5-13(8-12)19-10-14(6-1-2-7-14)11-20(16,17)18/h3-5,8H,1-2,6-7,10-11H2,(H2,16,17,18). The third-order valence-electron chi connectivity index (χ3n) is 3.68. The van der Waals surface area contributed by atoms with Gasteiger partial charge in [0.15, 0.2) is 0 Å². The van der Waals surface area contributed by atoms with Crippen molar-refractivity contribution in [1.29, 1.82) is 5.26 Å². The lowest BCUT2D eigenvalue weighted by molar-refractivity contribution is 0.170. The Morgan fingerprint density at radius 2 is 2.05 bits per heavy atom. The molecule has 0 spiro atoms. The van der Waals surface area contributed by atoms with E-state index < -0.39 is 15.4 Å².